The van der Waals surface area contributed by atoms with Gasteiger partial charge in [-0.1, -0.05) is 6.07 Å². The largest absolute Gasteiger partial charge is 0.461 e. The number of nitrogens with two attached hydrogens (primary N) is 1. The van der Waals surface area contributed by atoms with Gasteiger partial charge in [0.2, 0.25) is 0 Å². The topological polar surface area (TPSA) is 136 Å². The Balaban J connectivity index is 1.10. The number of aryl methyl sites for hydroxylation is 3. The standard InChI is InChI=1S/C36H41FN10O2/c1-44-14-8-29(42-44)30-15-25-20-45(11-4-13-47(25)43-30)33-27-21-49-36(10-2-5-23-6-7-28(39)26(18-38)32(23)36)17-31(27)40-34(41-33)48-22-35-9-3-12-46(35)19-24(37)16-35/h6-8,14-15,24H,2-5,9-13,16-17,19-22,39H2,1H3/t24-,35+,36+/m1/s1. The van der Waals surface area contributed by atoms with E-state index in [0.29, 0.717) is 56.4 Å². The molecule has 2 fully saturated rings. The number of nitriles is 1. The number of alkyl halides is 1. The van der Waals surface area contributed by atoms with Crippen molar-refractivity contribution in [1.29, 1.82) is 5.26 Å². The first kappa shape index (κ1) is 30.5. The van der Waals surface area contributed by atoms with Crippen LogP contribution >= 0.6 is 0 Å². The molecular formula is C36H41FN10O2. The molecule has 254 valence electrons. The van der Waals surface area contributed by atoms with Crippen molar-refractivity contribution in [2.45, 2.75) is 88.4 Å². The molecule has 49 heavy (non-hydrogen) atoms. The summed E-state index contributed by atoms with van der Waals surface area (Å²) in [6, 6.07) is 10.7. The Hall–Kier alpha value is -4.54. The van der Waals surface area contributed by atoms with Gasteiger partial charge in [-0.05, 0) is 68.8 Å². The van der Waals surface area contributed by atoms with E-state index in [2.05, 4.69) is 31.7 Å². The van der Waals surface area contributed by atoms with Gasteiger partial charge in [0.05, 0.1) is 35.6 Å². The molecule has 3 aromatic heterocycles. The summed E-state index contributed by atoms with van der Waals surface area (Å²) in [4.78, 5) is 14.7. The molecule has 2 saturated heterocycles. The summed E-state index contributed by atoms with van der Waals surface area (Å²) < 4.78 is 31.9. The highest BCUT2D eigenvalue weighted by Crippen LogP contribution is 2.48. The van der Waals surface area contributed by atoms with Crippen molar-refractivity contribution >= 4 is 11.5 Å². The van der Waals surface area contributed by atoms with E-state index < -0.39 is 11.8 Å². The van der Waals surface area contributed by atoms with Gasteiger partial charge in [0.15, 0.2) is 0 Å². The first-order chi connectivity index (χ1) is 23.8. The SMILES string of the molecule is Cn1ccc(-c2cc3n(n2)CCCN(c2nc(OC[C@@]45CCCN4C[C@H](F)C5)nc4c2CO[C@@]2(CCCc5ccc(N)c(C#N)c52)C4)C3)n1. The third-order valence-corrected chi connectivity index (χ3v) is 11.4. The number of benzene rings is 1. The Bertz CT molecular complexity index is 1980. The number of rotatable bonds is 5. The molecule has 1 aromatic carbocycles. The lowest BCUT2D eigenvalue weighted by molar-refractivity contribution is -0.0857. The monoisotopic (exact) mass is 664 g/mol. The van der Waals surface area contributed by atoms with Crippen molar-refractivity contribution in [1.82, 2.24) is 34.4 Å². The summed E-state index contributed by atoms with van der Waals surface area (Å²) in [6.45, 7) is 4.18. The summed E-state index contributed by atoms with van der Waals surface area (Å²) in [7, 11) is 1.91. The van der Waals surface area contributed by atoms with E-state index in [4.69, 9.17) is 30.3 Å². The highest BCUT2D eigenvalue weighted by atomic mass is 19.1. The zero-order valence-corrected chi connectivity index (χ0v) is 27.9. The molecule has 7 heterocycles. The fourth-order valence-corrected chi connectivity index (χ4v) is 9.14. The second-order valence-corrected chi connectivity index (χ2v) is 14.5. The molecule has 0 bridgehead atoms. The molecule has 4 aromatic rings. The lowest BCUT2D eigenvalue weighted by atomic mass is 9.72. The van der Waals surface area contributed by atoms with E-state index >= 15 is 0 Å². The van der Waals surface area contributed by atoms with Gasteiger partial charge < -0.3 is 20.1 Å². The minimum absolute atomic E-state index is 0.306. The molecule has 3 atom stereocenters. The summed E-state index contributed by atoms with van der Waals surface area (Å²) >= 11 is 0. The minimum Gasteiger partial charge on any atom is -0.461 e. The van der Waals surface area contributed by atoms with Crippen molar-refractivity contribution in [2.75, 3.05) is 36.9 Å². The number of halogens is 1. The van der Waals surface area contributed by atoms with E-state index in [9.17, 15) is 9.65 Å². The maximum absolute atomic E-state index is 14.6. The van der Waals surface area contributed by atoms with Gasteiger partial charge in [-0.25, -0.2) is 4.39 Å². The van der Waals surface area contributed by atoms with Gasteiger partial charge in [-0.2, -0.15) is 25.4 Å². The number of aromatic nitrogens is 6. The maximum Gasteiger partial charge on any atom is 0.318 e. The van der Waals surface area contributed by atoms with Crippen molar-refractivity contribution in [2.24, 2.45) is 7.05 Å². The molecule has 0 radical (unpaired) electrons. The minimum atomic E-state index is -0.841. The lowest BCUT2D eigenvalue weighted by Crippen LogP contribution is -2.44. The van der Waals surface area contributed by atoms with Crippen LogP contribution < -0.4 is 15.4 Å². The number of fused-ring (bicyclic) bond motifs is 5. The van der Waals surface area contributed by atoms with Crippen LogP contribution in [0.25, 0.3) is 11.4 Å². The molecule has 0 amide bonds. The Morgan fingerprint density at radius 1 is 1.10 bits per heavy atom. The first-order valence-corrected chi connectivity index (χ1v) is 17.5. The van der Waals surface area contributed by atoms with E-state index in [0.717, 1.165) is 103 Å². The molecular weight excluding hydrogens is 623 g/mol. The van der Waals surface area contributed by atoms with E-state index in [1.165, 1.54) is 0 Å². The van der Waals surface area contributed by atoms with E-state index in [-0.39, 0.29) is 5.54 Å². The molecule has 5 aliphatic rings. The van der Waals surface area contributed by atoms with E-state index in [1.807, 2.05) is 31.4 Å². The van der Waals surface area contributed by atoms with Crippen LogP contribution in [-0.4, -0.2) is 72.4 Å². The fraction of sp³-hybridized carbons (Fsp3) is 0.528. The van der Waals surface area contributed by atoms with Crippen molar-refractivity contribution in [3.63, 3.8) is 0 Å². The molecule has 4 aliphatic heterocycles. The third-order valence-electron chi connectivity index (χ3n) is 11.4. The van der Waals surface area contributed by atoms with Gasteiger partial charge in [0.25, 0.3) is 0 Å². The van der Waals surface area contributed by atoms with Crippen molar-refractivity contribution in [3.8, 4) is 23.5 Å². The van der Waals surface area contributed by atoms with Crippen LogP contribution in [0.15, 0.2) is 30.5 Å². The van der Waals surface area contributed by atoms with Gasteiger partial charge in [-0.3, -0.25) is 14.3 Å². The second kappa shape index (κ2) is 11.5. The lowest BCUT2D eigenvalue weighted by Gasteiger charge is -2.43. The van der Waals surface area contributed by atoms with Crippen molar-refractivity contribution < 1.29 is 13.9 Å². The van der Waals surface area contributed by atoms with Crippen LogP contribution in [0.1, 0.15) is 72.2 Å². The van der Waals surface area contributed by atoms with Gasteiger partial charge >= 0.3 is 6.01 Å². The predicted molar refractivity (Wildman–Crippen MR) is 179 cm³/mol. The second-order valence-electron chi connectivity index (χ2n) is 14.5. The molecule has 13 heteroatoms. The summed E-state index contributed by atoms with van der Waals surface area (Å²) in [5, 5.41) is 19.7. The highest BCUT2D eigenvalue weighted by Gasteiger charge is 2.50. The molecule has 2 N–H and O–H groups in total. The fourth-order valence-electron chi connectivity index (χ4n) is 9.14. The quantitative estimate of drug-likeness (QED) is 0.309. The zero-order valence-electron chi connectivity index (χ0n) is 27.9. The zero-order chi connectivity index (χ0) is 33.3. The Kier molecular flexibility index (Phi) is 7.18. The summed E-state index contributed by atoms with van der Waals surface area (Å²) in [6.07, 6.45) is 7.46. The van der Waals surface area contributed by atoms with Crippen LogP contribution in [0, 0.1) is 11.3 Å². The number of nitrogens with zero attached hydrogens (tertiary/aromatic N) is 9. The molecule has 1 aliphatic carbocycles. The normalized spacial score (nSPS) is 26.1. The molecule has 12 nitrogen and oxygen atoms in total. The van der Waals surface area contributed by atoms with Gasteiger partial charge in [0.1, 0.15) is 41.7 Å². The van der Waals surface area contributed by atoms with Crippen LogP contribution in [0.2, 0.25) is 0 Å². The average Bonchev–Trinajstić information content (AvgIpc) is 3.84. The number of anilines is 2. The molecule has 0 saturated carbocycles. The molecule has 0 unspecified atom stereocenters. The van der Waals surface area contributed by atoms with Crippen molar-refractivity contribution in [3.05, 3.63) is 64.1 Å². The summed E-state index contributed by atoms with van der Waals surface area (Å²) in [5.41, 5.74) is 12.9. The van der Waals surface area contributed by atoms with Gasteiger partial charge in [-0.15, -0.1) is 0 Å². The molecule has 1 spiro atoms. The Morgan fingerprint density at radius 3 is 2.88 bits per heavy atom. The number of hydrogen-bond donors (Lipinski definition) is 1. The maximum atomic E-state index is 14.6. The number of ether oxygens (including phenoxy) is 2. The predicted octanol–water partition coefficient (Wildman–Crippen LogP) is 4.20. The Labute approximate surface area is 284 Å². The smallest absolute Gasteiger partial charge is 0.318 e. The van der Waals surface area contributed by atoms with Crippen LogP contribution in [0.4, 0.5) is 15.9 Å². The average molecular weight is 665 g/mol. The third kappa shape index (κ3) is 5.06. The Morgan fingerprint density at radius 2 is 2.02 bits per heavy atom. The van der Waals surface area contributed by atoms with Crippen LogP contribution in [-0.2, 0) is 49.9 Å². The van der Waals surface area contributed by atoms with Crippen LogP contribution in [0.3, 0.4) is 0 Å². The molecule has 9 rings (SSSR count). The highest BCUT2D eigenvalue weighted by molar-refractivity contribution is 5.63. The van der Waals surface area contributed by atoms with E-state index in [1.54, 1.807) is 4.68 Å². The number of nitrogen functional groups attached to an aromatic ring is 1. The van der Waals surface area contributed by atoms with Gasteiger partial charge in [0, 0.05) is 62.5 Å². The summed E-state index contributed by atoms with van der Waals surface area (Å²) in [5.74, 6) is 0.795. The van der Waals surface area contributed by atoms with Crippen LogP contribution in [0.5, 0.6) is 6.01 Å². The number of hydrogen-bond acceptors (Lipinski definition) is 10. The first-order valence-electron chi connectivity index (χ1n) is 17.5.